The first-order valence-electron chi connectivity index (χ1n) is 8.24. The van der Waals surface area contributed by atoms with Gasteiger partial charge >= 0.3 is 0 Å². The zero-order valence-electron chi connectivity index (χ0n) is 16.2. The molecule has 1 aromatic carbocycles. The van der Waals surface area contributed by atoms with Crippen LogP contribution in [0.3, 0.4) is 0 Å². The largest absolute Gasteiger partial charge is 0.493 e. The van der Waals surface area contributed by atoms with Gasteiger partial charge in [-0.3, -0.25) is 9.10 Å². The molecule has 1 atom stereocenters. The number of carbonyl (C=O) groups excluding carboxylic acids is 1. The van der Waals surface area contributed by atoms with E-state index in [-0.39, 0.29) is 24.9 Å². The third-order valence-electron chi connectivity index (χ3n) is 3.90. The first-order valence-corrected chi connectivity index (χ1v) is 10.1. The van der Waals surface area contributed by atoms with Crippen LogP contribution in [-0.2, 0) is 14.8 Å². The fourth-order valence-corrected chi connectivity index (χ4v) is 3.26. The van der Waals surface area contributed by atoms with Crippen molar-refractivity contribution >= 4 is 21.6 Å². The summed E-state index contributed by atoms with van der Waals surface area (Å²) >= 11 is 0. The molecule has 0 saturated carbocycles. The quantitative estimate of drug-likeness (QED) is 0.657. The van der Waals surface area contributed by atoms with E-state index in [1.165, 1.54) is 33.5 Å². The maximum absolute atomic E-state index is 12.3. The zero-order valence-corrected chi connectivity index (χ0v) is 17.0. The summed E-state index contributed by atoms with van der Waals surface area (Å²) in [5.74, 6) is 0.821. The molecule has 0 fully saturated rings. The van der Waals surface area contributed by atoms with Crippen LogP contribution in [0.5, 0.6) is 17.2 Å². The molecule has 1 amide bonds. The van der Waals surface area contributed by atoms with Crippen molar-refractivity contribution in [3.05, 3.63) is 12.1 Å². The second-order valence-corrected chi connectivity index (χ2v) is 7.75. The number of benzene rings is 1. The maximum atomic E-state index is 12.3. The van der Waals surface area contributed by atoms with Crippen LogP contribution < -0.4 is 23.8 Å². The first kappa shape index (κ1) is 21.9. The Kier molecular flexibility index (Phi) is 8.01. The Morgan fingerprint density at radius 2 is 1.69 bits per heavy atom. The van der Waals surface area contributed by atoms with Gasteiger partial charge in [-0.1, -0.05) is 6.92 Å². The van der Waals surface area contributed by atoms with Crippen LogP contribution in [0.1, 0.15) is 26.7 Å². The summed E-state index contributed by atoms with van der Waals surface area (Å²) < 4.78 is 41.5. The number of hydrogen-bond acceptors (Lipinski definition) is 6. The molecule has 0 saturated heterocycles. The number of sulfonamides is 1. The van der Waals surface area contributed by atoms with Crippen LogP contribution in [-0.4, -0.2) is 54.5 Å². The van der Waals surface area contributed by atoms with Gasteiger partial charge in [0.1, 0.15) is 0 Å². The summed E-state index contributed by atoms with van der Waals surface area (Å²) in [5, 5.41) is 2.82. The smallest absolute Gasteiger partial charge is 0.232 e. The van der Waals surface area contributed by atoms with Gasteiger partial charge in [0.05, 0.1) is 33.3 Å². The molecule has 1 aromatic rings. The molecule has 0 bridgehead atoms. The van der Waals surface area contributed by atoms with Gasteiger partial charge in [0.15, 0.2) is 11.5 Å². The molecule has 8 nitrogen and oxygen atoms in total. The van der Waals surface area contributed by atoms with Gasteiger partial charge < -0.3 is 19.5 Å². The normalized spacial score (nSPS) is 12.2. The monoisotopic (exact) mass is 388 g/mol. The number of carbonyl (C=O) groups is 1. The molecular weight excluding hydrogens is 360 g/mol. The second-order valence-electron chi connectivity index (χ2n) is 5.85. The highest BCUT2D eigenvalue weighted by Crippen LogP contribution is 2.41. The Bertz CT molecular complexity index is 695. The Morgan fingerprint density at radius 1 is 1.15 bits per heavy atom. The molecule has 9 heteroatoms. The summed E-state index contributed by atoms with van der Waals surface area (Å²) in [6.07, 6.45) is 1.92. The molecule has 1 N–H and O–H groups in total. The van der Waals surface area contributed by atoms with Crippen LogP contribution in [0.25, 0.3) is 0 Å². The molecule has 0 heterocycles. The van der Waals surface area contributed by atoms with E-state index in [0.717, 1.165) is 17.0 Å². The van der Waals surface area contributed by atoms with E-state index in [1.54, 1.807) is 0 Å². The van der Waals surface area contributed by atoms with E-state index in [1.807, 2.05) is 13.8 Å². The zero-order chi connectivity index (χ0) is 19.9. The minimum Gasteiger partial charge on any atom is -0.493 e. The summed E-state index contributed by atoms with van der Waals surface area (Å²) in [5.41, 5.74) is 0.332. The van der Waals surface area contributed by atoms with Gasteiger partial charge in [-0.05, 0) is 13.3 Å². The highest BCUT2D eigenvalue weighted by Gasteiger charge is 2.23. The topological polar surface area (TPSA) is 94.2 Å². The number of nitrogens with zero attached hydrogens (tertiary/aromatic N) is 1. The van der Waals surface area contributed by atoms with E-state index in [0.29, 0.717) is 22.9 Å². The summed E-state index contributed by atoms with van der Waals surface area (Å²) in [6, 6.07) is 3.11. The summed E-state index contributed by atoms with van der Waals surface area (Å²) in [7, 11) is 0.750. The number of hydrogen-bond donors (Lipinski definition) is 1. The molecule has 26 heavy (non-hydrogen) atoms. The molecule has 0 spiro atoms. The Morgan fingerprint density at radius 3 is 2.08 bits per heavy atom. The average Bonchev–Trinajstić information content (AvgIpc) is 2.59. The lowest BCUT2D eigenvalue weighted by atomic mass is 10.2. The molecular formula is C17H28N2O6S. The highest BCUT2D eigenvalue weighted by atomic mass is 32.2. The number of methoxy groups -OCH3 is 3. The van der Waals surface area contributed by atoms with E-state index >= 15 is 0 Å². The number of anilines is 1. The Balaban J connectivity index is 3.16. The van der Waals surface area contributed by atoms with Crippen LogP contribution in [0.2, 0.25) is 0 Å². The predicted molar refractivity (Wildman–Crippen MR) is 101 cm³/mol. The number of amides is 1. The molecule has 0 aromatic heterocycles. The van der Waals surface area contributed by atoms with E-state index < -0.39 is 10.0 Å². The second kappa shape index (κ2) is 9.51. The van der Waals surface area contributed by atoms with Crippen molar-refractivity contribution in [3.8, 4) is 17.2 Å². The van der Waals surface area contributed by atoms with Crippen LogP contribution >= 0.6 is 0 Å². The van der Waals surface area contributed by atoms with Crippen LogP contribution in [0.4, 0.5) is 5.69 Å². The summed E-state index contributed by atoms with van der Waals surface area (Å²) in [4.78, 5) is 12.0. The fourth-order valence-electron chi connectivity index (χ4n) is 2.35. The van der Waals surface area contributed by atoms with Crippen molar-refractivity contribution < 1.29 is 27.4 Å². The maximum Gasteiger partial charge on any atom is 0.232 e. The van der Waals surface area contributed by atoms with Gasteiger partial charge in [-0.15, -0.1) is 0 Å². The van der Waals surface area contributed by atoms with Crippen molar-refractivity contribution in [2.24, 2.45) is 0 Å². The van der Waals surface area contributed by atoms with E-state index in [9.17, 15) is 13.2 Å². The lowest BCUT2D eigenvalue weighted by Gasteiger charge is -2.24. The average molecular weight is 388 g/mol. The highest BCUT2D eigenvalue weighted by molar-refractivity contribution is 7.92. The number of rotatable bonds is 10. The molecule has 0 aliphatic rings. The van der Waals surface area contributed by atoms with Crippen molar-refractivity contribution in [2.75, 3.05) is 38.4 Å². The molecule has 0 radical (unpaired) electrons. The van der Waals surface area contributed by atoms with E-state index in [4.69, 9.17) is 14.2 Å². The van der Waals surface area contributed by atoms with Gasteiger partial charge in [0.25, 0.3) is 0 Å². The van der Waals surface area contributed by atoms with Gasteiger partial charge in [-0.25, -0.2) is 8.42 Å². The predicted octanol–water partition coefficient (Wildman–Crippen LogP) is 1.78. The van der Waals surface area contributed by atoms with Gasteiger partial charge in [0, 0.05) is 31.1 Å². The van der Waals surface area contributed by atoms with Gasteiger partial charge in [-0.2, -0.15) is 0 Å². The van der Waals surface area contributed by atoms with Crippen molar-refractivity contribution in [2.45, 2.75) is 32.7 Å². The number of ether oxygens (including phenoxy) is 3. The third kappa shape index (κ3) is 5.69. The molecule has 1 unspecified atom stereocenters. The third-order valence-corrected chi connectivity index (χ3v) is 5.09. The SMILES string of the molecule is CCC(C)NC(=O)CCN(c1cc(OC)c(OC)c(OC)c1)S(C)(=O)=O. The van der Waals surface area contributed by atoms with E-state index in [2.05, 4.69) is 5.32 Å². The first-order chi connectivity index (χ1) is 12.2. The van der Waals surface area contributed by atoms with Crippen molar-refractivity contribution in [1.29, 1.82) is 0 Å². The Hall–Kier alpha value is -2.16. The number of nitrogens with one attached hydrogen (secondary N) is 1. The van der Waals surface area contributed by atoms with Crippen molar-refractivity contribution in [3.63, 3.8) is 0 Å². The van der Waals surface area contributed by atoms with Crippen LogP contribution in [0, 0.1) is 0 Å². The Labute approximate surface area is 155 Å². The standard InChI is InChI=1S/C17H28N2O6S/c1-7-12(2)18-16(20)8-9-19(26(6,21)22)13-10-14(23-3)17(25-5)15(11-13)24-4/h10-12H,7-9H2,1-6H3,(H,18,20). The molecule has 148 valence electrons. The van der Waals surface area contributed by atoms with Crippen LogP contribution in [0.15, 0.2) is 12.1 Å². The molecule has 0 aliphatic carbocycles. The lowest BCUT2D eigenvalue weighted by molar-refractivity contribution is -0.121. The van der Waals surface area contributed by atoms with Crippen molar-refractivity contribution in [1.82, 2.24) is 5.32 Å². The minimum atomic E-state index is -3.62. The minimum absolute atomic E-state index is 0.000260. The fraction of sp³-hybridized carbons (Fsp3) is 0.588. The lowest BCUT2D eigenvalue weighted by Crippen LogP contribution is -2.37. The molecule has 1 rings (SSSR count). The molecule has 0 aliphatic heterocycles. The summed E-state index contributed by atoms with van der Waals surface area (Å²) in [6.45, 7) is 3.86. The van der Waals surface area contributed by atoms with Gasteiger partial charge in [0.2, 0.25) is 21.7 Å².